The fourth-order valence-electron chi connectivity index (χ4n) is 1.78. The van der Waals surface area contributed by atoms with Crippen molar-refractivity contribution < 1.29 is 4.79 Å². The summed E-state index contributed by atoms with van der Waals surface area (Å²) >= 11 is 3.39. The van der Waals surface area contributed by atoms with Crippen LogP contribution in [-0.4, -0.2) is 30.0 Å². The highest BCUT2D eigenvalue weighted by molar-refractivity contribution is 7.99. The maximum atomic E-state index is 12.0. The van der Waals surface area contributed by atoms with Crippen molar-refractivity contribution >= 4 is 29.0 Å². The molecule has 2 rings (SSSR count). The normalized spacial score (nSPS) is 18.8. The molecule has 3 nitrogen and oxygen atoms in total. The summed E-state index contributed by atoms with van der Waals surface area (Å²) in [7, 11) is 0. The smallest absolute Gasteiger partial charge is 0.252 e. The lowest BCUT2D eigenvalue weighted by Crippen LogP contribution is -2.38. The Morgan fingerprint density at radius 3 is 3.22 bits per heavy atom. The van der Waals surface area contributed by atoms with E-state index in [2.05, 4.69) is 17.2 Å². The second kappa shape index (κ2) is 6.83. The largest absolute Gasteiger partial charge is 0.348 e. The van der Waals surface area contributed by atoms with Gasteiger partial charge in [0, 0.05) is 17.2 Å². The predicted molar refractivity (Wildman–Crippen MR) is 78.1 cm³/mol. The van der Waals surface area contributed by atoms with Gasteiger partial charge in [-0.25, -0.2) is 0 Å². The van der Waals surface area contributed by atoms with Gasteiger partial charge >= 0.3 is 0 Å². The summed E-state index contributed by atoms with van der Waals surface area (Å²) in [5.41, 5.74) is 6.02. The molecular formula is C13H16N2OS2. The Bertz CT molecular complexity index is 467. The van der Waals surface area contributed by atoms with Crippen LogP contribution in [0.25, 0.3) is 0 Å². The molecular weight excluding hydrogens is 264 g/mol. The highest BCUT2D eigenvalue weighted by Crippen LogP contribution is 2.18. The van der Waals surface area contributed by atoms with Crippen LogP contribution in [0.1, 0.15) is 28.1 Å². The lowest BCUT2D eigenvalue weighted by molar-refractivity contribution is 0.0939. The molecule has 5 heteroatoms. The van der Waals surface area contributed by atoms with Gasteiger partial charge in [0.05, 0.1) is 17.0 Å². The molecule has 0 aromatic carbocycles. The number of carbonyl (C=O) groups excluding carboxylic acids is 1. The SMILES string of the molecule is NCC#Cc1cc(C(=O)NC2CCCSC2)cs1. The highest BCUT2D eigenvalue weighted by Gasteiger charge is 2.17. The minimum absolute atomic E-state index is 0.0135. The number of nitrogens with two attached hydrogens (primary N) is 1. The highest BCUT2D eigenvalue weighted by atomic mass is 32.2. The van der Waals surface area contributed by atoms with Crippen LogP contribution in [-0.2, 0) is 0 Å². The topological polar surface area (TPSA) is 55.1 Å². The number of thioether (sulfide) groups is 1. The summed E-state index contributed by atoms with van der Waals surface area (Å²) < 4.78 is 0. The summed E-state index contributed by atoms with van der Waals surface area (Å²) in [6.45, 7) is 0.346. The van der Waals surface area contributed by atoms with Gasteiger partial charge in [0.15, 0.2) is 0 Å². The Labute approximate surface area is 116 Å². The third kappa shape index (κ3) is 3.77. The van der Waals surface area contributed by atoms with Gasteiger partial charge in [0.25, 0.3) is 5.91 Å². The summed E-state index contributed by atoms with van der Waals surface area (Å²) in [5.74, 6) is 7.98. The van der Waals surface area contributed by atoms with E-state index in [4.69, 9.17) is 5.73 Å². The fourth-order valence-corrected chi connectivity index (χ4v) is 3.61. The molecule has 2 heterocycles. The molecule has 1 fully saturated rings. The Morgan fingerprint density at radius 2 is 2.50 bits per heavy atom. The second-order valence-corrected chi connectivity index (χ2v) is 6.15. The van der Waals surface area contributed by atoms with Crippen molar-refractivity contribution in [3.63, 3.8) is 0 Å². The average Bonchev–Trinajstić information content (AvgIpc) is 2.86. The first-order valence-corrected chi connectivity index (χ1v) is 7.99. The van der Waals surface area contributed by atoms with Gasteiger partial charge in [0.1, 0.15) is 0 Å². The summed E-state index contributed by atoms with van der Waals surface area (Å²) in [6, 6.07) is 2.15. The van der Waals surface area contributed by atoms with E-state index in [1.54, 1.807) is 0 Å². The van der Waals surface area contributed by atoms with Crippen molar-refractivity contribution in [2.45, 2.75) is 18.9 Å². The van der Waals surface area contributed by atoms with Crippen LogP contribution >= 0.6 is 23.1 Å². The number of thiophene rings is 1. The number of amides is 1. The average molecular weight is 280 g/mol. The van der Waals surface area contributed by atoms with Crippen LogP contribution in [0.5, 0.6) is 0 Å². The van der Waals surface area contributed by atoms with Gasteiger partial charge in [-0.1, -0.05) is 11.8 Å². The van der Waals surface area contributed by atoms with Gasteiger partial charge in [-0.05, 0) is 24.7 Å². The van der Waals surface area contributed by atoms with E-state index in [1.807, 2.05) is 23.2 Å². The van der Waals surface area contributed by atoms with Crippen molar-refractivity contribution in [1.29, 1.82) is 0 Å². The van der Waals surface area contributed by atoms with E-state index in [-0.39, 0.29) is 5.91 Å². The van der Waals surface area contributed by atoms with Crippen molar-refractivity contribution in [1.82, 2.24) is 5.32 Å². The number of hydrogen-bond donors (Lipinski definition) is 2. The van der Waals surface area contributed by atoms with Gasteiger partial charge in [-0.15, -0.1) is 11.3 Å². The lowest BCUT2D eigenvalue weighted by Gasteiger charge is -2.22. The van der Waals surface area contributed by atoms with Gasteiger partial charge in [-0.3, -0.25) is 4.79 Å². The number of hydrogen-bond acceptors (Lipinski definition) is 4. The zero-order chi connectivity index (χ0) is 12.8. The Morgan fingerprint density at radius 1 is 1.61 bits per heavy atom. The summed E-state index contributed by atoms with van der Waals surface area (Å²) in [6.07, 6.45) is 2.27. The van der Waals surface area contributed by atoms with Gasteiger partial charge in [0.2, 0.25) is 0 Å². The van der Waals surface area contributed by atoms with Crippen LogP contribution in [0.4, 0.5) is 0 Å². The number of rotatable bonds is 2. The molecule has 96 valence electrons. The summed E-state index contributed by atoms with van der Waals surface area (Å²) in [4.78, 5) is 12.9. The molecule has 1 atom stereocenters. The third-order valence-corrected chi connectivity index (χ3v) is 4.73. The van der Waals surface area contributed by atoms with Crippen LogP contribution in [0.15, 0.2) is 11.4 Å². The van der Waals surface area contributed by atoms with Gasteiger partial charge in [-0.2, -0.15) is 11.8 Å². The maximum absolute atomic E-state index is 12.0. The van der Waals surface area contributed by atoms with Gasteiger partial charge < -0.3 is 11.1 Å². The molecule has 0 radical (unpaired) electrons. The molecule has 0 saturated carbocycles. The standard InChI is InChI=1S/C13H16N2OS2/c14-5-1-4-12-7-10(8-18-12)13(16)15-11-3-2-6-17-9-11/h7-8,11H,2-3,5-6,9,14H2,(H,15,16). The molecule has 1 aromatic rings. The third-order valence-electron chi connectivity index (χ3n) is 2.67. The molecule has 0 aliphatic carbocycles. The minimum Gasteiger partial charge on any atom is -0.348 e. The quantitative estimate of drug-likeness (QED) is 0.811. The zero-order valence-corrected chi connectivity index (χ0v) is 11.7. The number of carbonyl (C=O) groups is 1. The Hall–Kier alpha value is -0.960. The predicted octanol–water partition coefficient (Wildman–Crippen LogP) is 1.68. The zero-order valence-electron chi connectivity index (χ0n) is 10.1. The molecule has 18 heavy (non-hydrogen) atoms. The molecule has 1 unspecified atom stereocenters. The van der Waals surface area contributed by atoms with Crippen LogP contribution in [0.2, 0.25) is 0 Å². The number of nitrogens with one attached hydrogen (secondary N) is 1. The van der Waals surface area contributed by atoms with Crippen LogP contribution in [0, 0.1) is 11.8 Å². The fraction of sp³-hybridized carbons (Fsp3) is 0.462. The first kappa shape index (κ1) is 13.5. The lowest BCUT2D eigenvalue weighted by atomic mass is 10.1. The van der Waals surface area contributed by atoms with E-state index in [9.17, 15) is 4.79 Å². The van der Waals surface area contributed by atoms with E-state index < -0.39 is 0 Å². The first-order valence-electron chi connectivity index (χ1n) is 5.95. The molecule has 1 amide bonds. The maximum Gasteiger partial charge on any atom is 0.252 e. The first-order chi connectivity index (χ1) is 8.79. The Balaban J connectivity index is 1.93. The van der Waals surface area contributed by atoms with E-state index in [0.29, 0.717) is 18.2 Å². The van der Waals surface area contributed by atoms with E-state index in [0.717, 1.165) is 17.1 Å². The minimum atomic E-state index is 0.0135. The van der Waals surface area contributed by atoms with E-state index in [1.165, 1.54) is 23.5 Å². The molecule has 3 N–H and O–H groups in total. The monoisotopic (exact) mass is 280 g/mol. The molecule has 0 spiro atoms. The van der Waals surface area contributed by atoms with E-state index >= 15 is 0 Å². The van der Waals surface area contributed by atoms with Crippen molar-refractivity contribution in [3.8, 4) is 11.8 Å². The molecule has 0 bridgehead atoms. The molecule has 1 aromatic heterocycles. The second-order valence-electron chi connectivity index (χ2n) is 4.09. The van der Waals surface area contributed by atoms with Crippen molar-refractivity contribution in [2.75, 3.05) is 18.1 Å². The van der Waals surface area contributed by atoms with Crippen LogP contribution in [0.3, 0.4) is 0 Å². The molecule has 1 aliphatic heterocycles. The Kier molecular flexibility index (Phi) is 5.12. The molecule has 1 saturated heterocycles. The van der Waals surface area contributed by atoms with Crippen molar-refractivity contribution in [2.24, 2.45) is 5.73 Å². The summed E-state index contributed by atoms with van der Waals surface area (Å²) in [5, 5.41) is 4.93. The van der Waals surface area contributed by atoms with Crippen LogP contribution < -0.4 is 11.1 Å². The van der Waals surface area contributed by atoms with Crippen molar-refractivity contribution in [3.05, 3.63) is 21.9 Å². The molecule has 1 aliphatic rings.